The van der Waals surface area contributed by atoms with E-state index in [2.05, 4.69) is 0 Å². The minimum Gasteiger partial charge on any atom is -0.328 e. The molecule has 0 aromatic heterocycles. The maximum Gasteiger partial charge on any atom is 0.233 e. The van der Waals surface area contributed by atoms with E-state index in [1.54, 1.807) is 4.90 Å². The summed E-state index contributed by atoms with van der Waals surface area (Å²) < 4.78 is 26.3. The summed E-state index contributed by atoms with van der Waals surface area (Å²) >= 11 is 0. The molecule has 1 saturated carbocycles. The van der Waals surface area contributed by atoms with Gasteiger partial charge in [0.05, 0.1) is 5.41 Å². The smallest absolute Gasteiger partial charge is 0.233 e. The molecule has 20 heavy (non-hydrogen) atoms. The van der Waals surface area contributed by atoms with Crippen molar-refractivity contribution in [3.63, 3.8) is 0 Å². The van der Waals surface area contributed by atoms with Gasteiger partial charge in [0.15, 0.2) is 11.6 Å². The van der Waals surface area contributed by atoms with Gasteiger partial charge in [0.2, 0.25) is 5.91 Å². The van der Waals surface area contributed by atoms with Gasteiger partial charge in [-0.3, -0.25) is 4.79 Å². The summed E-state index contributed by atoms with van der Waals surface area (Å²) in [6.07, 6.45) is 4.21. The standard InChI is InChI=1S/C15H18F2N2O/c16-12-4-3-11(8-13(12)17)19-7-6-15(14(19)20)5-1-2-10(18)9-15/h3-4,8,10H,1-2,5-7,9,18H2. The lowest BCUT2D eigenvalue weighted by Crippen LogP contribution is -2.42. The topological polar surface area (TPSA) is 46.3 Å². The molecular formula is C15H18F2N2O. The van der Waals surface area contributed by atoms with Crippen LogP contribution in [0.4, 0.5) is 14.5 Å². The number of benzene rings is 1. The van der Waals surface area contributed by atoms with E-state index < -0.39 is 11.6 Å². The van der Waals surface area contributed by atoms with E-state index in [1.165, 1.54) is 6.07 Å². The van der Waals surface area contributed by atoms with E-state index in [0.717, 1.165) is 37.8 Å². The van der Waals surface area contributed by atoms with Crippen molar-refractivity contribution in [1.29, 1.82) is 0 Å². The lowest BCUT2D eigenvalue weighted by Gasteiger charge is -2.35. The summed E-state index contributed by atoms with van der Waals surface area (Å²) in [6, 6.07) is 3.68. The predicted molar refractivity (Wildman–Crippen MR) is 72.2 cm³/mol. The molecule has 2 fully saturated rings. The molecule has 0 radical (unpaired) electrons. The Morgan fingerprint density at radius 2 is 2.05 bits per heavy atom. The number of halogens is 2. The molecule has 2 N–H and O–H groups in total. The lowest BCUT2D eigenvalue weighted by molar-refractivity contribution is -0.127. The summed E-state index contributed by atoms with van der Waals surface area (Å²) in [6.45, 7) is 0.552. The average molecular weight is 280 g/mol. The molecule has 1 aliphatic carbocycles. The number of anilines is 1. The van der Waals surface area contributed by atoms with Gasteiger partial charge in [-0.2, -0.15) is 0 Å². The van der Waals surface area contributed by atoms with Crippen LogP contribution in [-0.2, 0) is 4.79 Å². The van der Waals surface area contributed by atoms with E-state index in [-0.39, 0.29) is 17.4 Å². The number of nitrogens with zero attached hydrogens (tertiary/aromatic N) is 1. The molecule has 1 aliphatic heterocycles. The molecule has 1 spiro atoms. The molecule has 1 saturated heterocycles. The second kappa shape index (κ2) is 4.81. The Labute approximate surface area is 116 Å². The van der Waals surface area contributed by atoms with Crippen LogP contribution >= 0.6 is 0 Å². The van der Waals surface area contributed by atoms with Gasteiger partial charge < -0.3 is 10.6 Å². The Hall–Kier alpha value is -1.49. The normalized spacial score (nSPS) is 30.2. The molecule has 3 rings (SSSR count). The van der Waals surface area contributed by atoms with Crippen LogP contribution in [-0.4, -0.2) is 18.5 Å². The first-order valence-electron chi connectivity index (χ1n) is 7.04. The minimum atomic E-state index is -0.920. The first kappa shape index (κ1) is 13.5. The maximum atomic E-state index is 13.3. The third-order valence-corrected chi connectivity index (χ3v) is 4.61. The summed E-state index contributed by atoms with van der Waals surface area (Å²) in [5.74, 6) is -1.80. The number of rotatable bonds is 1. The summed E-state index contributed by atoms with van der Waals surface area (Å²) in [7, 11) is 0. The van der Waals surface area contributed by atoms with Crippen LogP contribution in [0.1, 0.15) is 32.1 Å². The Morgan fingerprint density at radius 3 is 2.75 bits per heavy atom. The molecule has 108 valence electrons. The second-order valence-electron chi connectivity index (χ2n) is 5.94. The Bertz CT molecular complexity index is 549. The Kier molecular flexibility index (Phi) is 3.24. The summed E-state index contributed by atoms with van der Waals surface area (Å²) in [4.78, 5) is 14.2. The van der Waals surface area contributed by atoms with Gasteiger partial charge in [0, 0.05) is 24.3 Å². The van der Waals surface area contributed by atoms with Gasteiger partial charge in [-0.1, -0.05) is 6.42 Å². The largest absolute Gasteiger partial charge is 0.328 e. The van der Waals surface area contributed by atoms with Gasteiger partial charge in [-0.15, -0.1) is 0 Å². The zero-order chi connectivity index (χ0) is 14.3. The van der Waals surface area contributed by atoms with Crippen LogP contribution in [0.3, 0.4) is 0 Å². The van der Waals surface area contributed by atoms with Crippen LogP contribution in [0, 0.1) is 17.0 Å². The van der Waals surface area contributed by atoms with Crippen LogP contribution in [0.5, 0.6) is 0 Å². The van der Waals surface area contributed by atoms with Gasteiger partial charge in [0.25, 0.3) is 0 Å². The first-order chi connectivity index (χ1) is 9.52. The van der Waals surface area contributed by atoms with Crippen molar-refractivity contribution in [2.75, 3.05) is 11.4 Å². The van der Waals surface area contributed by atoms with Gasteiger partial charge in [0.1, 0.15) is 0 Å². The Morgan fingerprint density at radius 1 is 1.25 bits per heavy atom. The number of carbonyl (C=O) groups is 1. The zero-order valence-corrected chi connectivity index (χ0v) is 11.2. The van der Waals surface area contributed by atoms with Gasteiger partial charge in [-0.05, 0) is 37.8 Å². The number of hydrogen-bond donors (Lipinski definition) is 1. The van der Waals surface area contributed by atoms with E-state index >= 15 is 0 Å². The van der Waals surface area contributed by atoms with Gasteiger partial charge >= 0.3 is 0 Å². The monoisotopic (exact) mass is 280 g/mol. The Balaban J connectivity index is 1.86. The molecule has 1 aromatic carbocycles. The SMILES string of the molecule is NC1CCCC2(CCN(c3ccc(F)c(F)c3)C2=O)C1. The first-order valence-corrected chi connectivity index (χ1v) is 7.04. The molecular weight excluding hydrogens is 262 g/mol. The minimum absolute atomic E-state index is 0.0126. The quantitative estimate of drug-likeness (QED) is 0.859. The summed E-state index contributed by atoms with van der Waals surface area (Å²) in [5, 5.41) is 0. The number of nitrogens with two attached hydrogens (primary N) is 1. The molecule has 1 heterocycles. The molecule has 0 bridgehead atoms. The number of amides is 1. The third kappa shape index (κ3) is 2.10. The maximum absolute atomic E-state index is 13.3. The second-order valence-corrected chi connectivity index (χ2v) is 5.94. The highest BCUT2D eigenvalue weighted by molar-refractivity contribution is 6.00. The highest BCUT2D eigenvalue weighted by Gasteiger charge is 2.48. The van der Waals surface area contributed by atoms with Crippen LogP contribution < -0.4 is 10.6 Å². The van der Waals surface area contributed by atoms with Gasteiger partial charge in [-0.25, -0.2) is 8.78 Å². The molecule has 2 aliphatic rings. The van der Waals surface area contributed by atoms with E-state index in [0.29, 0.717) is 18.7 Å². The van der Waals surface area contributed by atoms with Crippen molar-refractivity contribution in [2.45, 2.75) is 38.1 Å². The van der Waals surface area contributed by atoms with E-state index in [1.807, 2.05) is 0 Å². The van der Waals surface area contributed by atoms with Crippen molar-refractivity contribution in [3.05, 3.63) is 29.8 Å². The van der Waals surface area contributed by atoms with Crippen LogP contribution in [0.15, 0.2) is 18.2 Å². The predicted octanol–water partition coefficient (Wildman–Crippen LogP) is 2.59. The van der Waals surface area contributed by atoms with Crippen molar-refractivity contribution in [1.82, 2.24) is 0 Å². The molecule has 3 nitrogen and oxygen atoms in total. The van der Waals surface area contributed by atoms with Crippen LogP contribution in [0.25, 0.3) is 0 Å². The van der Waals surface area contributed by atoms with Crippen molar-refractivity contribution in [2.24, 2.45) is 11.1 Å². The fourth-order valence-corrected chi connectivity index (χ4v) is 3.55. The molecule has 2 atom stereocenters. The van der Waals surface area contributed by atoms with Crippen LogP contribution in [0.2, 0.25) is 0 Å². The van der Waals surface area contributed by atoms with Crippen molar-refractivity contribution in [3.8, 4) is 0 Å². The van der Waals surface area contributed by atoms with Crippen molar-refractivity contribution >= 4 is 11.6 Å². The number of carbonyl (C=O) groups excluding carboxylic acids is 1. The molecule has 1 amide bonds. The molecule has 5 heteroatoms. The lowest BCUT2D eigenvalue weighted by atomic mass is 9.71. The summed E-state index contributed by atoms with van der Waals surface area (Å²) in [5.41, 5.74) is 6.05. The number of hydrogen-bond acceptors (Lipinski definition) is 2. The molecule has 2 unspecified atom stereocenters. The fourth-order valence-electron chi connectivity index (χ4n) is 3.55. The highest BCUT2D eigenvalue weighted by Crippen LogP contribution is 2.45. The molecule has 1 aromatic rings. The van der Waals surface area contributed by atoms with E-state index in [9.17, 15) is 13.6 Å². The third-order valence-electron chi connectivity index (χ3n) is 4.61. The zero-order valence-electron chi connectivity index (χ0n) is 11.2. The fraction of sp³-hybridized carbons (Fsp3) is 0.533. The highest BCUT2D eigenvalue weighted by atomic mass is 19.2. The van der Waals surface area contributed by atoms with Crippen molar-refractivity contribution < 1.29 is 13.6 Å². The average Bonchev–Trinajstić information content (AvgIpc) is 2.71. The van der Waals surface area contributed by atoms with E-state index in [4.69, 9.17) is 5.73 Å².